The van der Waals surface area contributed by atoms with Gasteiger partial charge in [0.25, 0.3) is 0 Å². The van der Waals surface area contributed by atoms with Gasteiger partial charge >= 0.3 is 0 Å². The summed E-state index contributed by atoms with van der Waals surface area (Å²) in [5.74, 6) is 1.60. The molecule has 0 fully saturated rings. The molecule has 2 heteroatoms. The van der Waals surface area contributed by atoms with Gasteiger partial charge < -0.3 is 4.84 Å². The van der Waals surface area contributed by atoms with Gasteiger partial charge in [-0.05, 0) is 18.6 Å². The Morgan fingerprint density at radius 3 is 2.33 bits per heavy atom. The molecule has 1 atom stereocenters. The van der Waals surface area contributed by atoms with Gasteiger partial charge in [0, 0.05) is 12.1 Å². The van der Waals surface area contributed by atoms with E-state index in [0.29, 0.717) is 5.92 Å². The third-order valence-electron chi connectivity index (χ3n) is 3.58. The van der Waals surface area contributed by atoms with Crippen LogP contribution < -0.4 is 5.48 Å². The fourth-order valence-electron chi connectivity index (χ4n) is 2.31. The van der Waals surface area contributed by atoms with Crippen molar-refractivity contribution >= 4 is 0 Å². The third kappa shape index (κ3) is 6.73. The van der Waals surface area contributed by atoms with E-state index in [1.165, 1.54) is 57.8 Å². The second-order valence-electron chi connectivity index (χ2n) is 5.31. The molecule has 0 aliphatic carbocycles. The molecule has 0 aromatic heterocycles. The van der Waals surface area contributed by atoms with Crippen molar-refractivity contribution in [3.05, 3.63) is 24.1 Å². The van der Waals surface area contributed by atoms with E-state index < -0.39 is 0 Å². The van der Waals surface area contributed by atoms with Crippen molar-refractivity contribution in [1.82, 2.24) is 5.48 Å². The van der Waals surface area contributed by atoms with Crippen LogP contribution in [0.25, 0.3) is 0 Å². The number of hydroxylamine groups is 1. The van der Waals surface area contributed by atoms with Gasteiger partial charge in [0.2, 0.25) is 0 Å². The normalized spacial score (nSPS) is 15.8. The van der Waals surface area contributed by atoms with E-state index in [-0.39, 0.29) is 0 Å². The number of rotatable bonds is 10. The van der Waals surface area contributed by atoms with Crippen LogP contribution in [0.3, 0.4) is 0 Å². The molecule has 1 heterocycles. The van der Waals surface area contributed by atoms with Crippen molar-refractivity contribution in [2.45, 2.75) is 71.6 Å². The summed E-state index contributed by atoms with van der Waals surface area (Å²) in [5.41, 5.74) is 2.80. The first-order valence-electron chi connectivity index (χ1n) is 7.63. The minimum absolute atomic E-state index is 0.530. The summed E-state index contributed by atoms with van der Waals surface area (Å²) in [6.07, 6.45) is 18.2. The van der Waals surface area contributed by atoms with Crippen molar-refractivity contribution in [2.75, 3.05) is 0 Å². The zero-order valence-electron chi connectivity index (χ0n) is 12.1. The molecule has 1 aliphatic rings. The Labute approximate surface area is 112 Å². The summed E-state index contributed by atoms with van der Waals surface area (Å²) in [4.78, 5) is 5.39. The number of hydrogen-bond acceptors (Lipinski definition) is 2. The van der Waals surface area contributed by atoms with Crippen molar-refractivity contribution in [3.8, 4) is 0 Å². The van der Waals surface area contributed by atoms with Crippen LogP contribution >= 0.6 is 0 Å². The van der Waals surface area contributed by atoms with Crippen LogP contribution in [-0.4, -0.2) is 0 Å². The fourth-order valence-corrected chi connectivity index (χ4v) is 2.31. The van der Waals surface area contributed by atoms with Crippen LogP contribution in [0.4, 0.5) is 0 Å². The van der Waals surface area contributed by atoms with E-state index in [1.54, 1.807) is 0 Å². The zero-order chi connectivity index (χ0) is 13.1. The summed E-state index contributed by atoms with van der Waals surface area (Å²) in [7, 11) is 0. The van der Waals surface area contributed by atoms with Crippen LogP contribution in [0.15, 0.2) is 24.1 Å². The first-order valence-corrected chi connectivity index (χ1v) is 7.63. The number of hydrogen-bond donors (Lipinski definition) is 1. The third-order valence-corrected chi connectivity index (χ3v) is 3.58. The van der Waals surface area contributed by atoms with Crippen LogP contribution in [0.1, 0.15) is 71.6 Å². The van der Waals surface area contributed by atoms with Crippen molar-refractivity contribution < 1.29 is 4.84 Å². The van der Waals surface area contributed by atoms with Crippen molar-refractivity contribution in [2.24, 2.45) is 5.92 Å². The lowest BCUT2D eigenvalue weighted by Crippen LogP contribution is -2.14. The number of allylic oxidation sites excluding steroid dienone is 3. The molecule has 0 bridgehead atoms. The number of unbranched alkanes of at least 4 members (excludes halogenated alkanes) is 7. The molecule has 0 aromatic rings. The molecule has 0 saturated heterocycles. The average Bonchev–Trinajstić information content (AvgIpc) is 2.42. The highest BCUT2D eigenvalue weighted by atomic mass is 16.6. The van der Waals surface area contributed by atoms with Crippen molar-refractivity contribution in [3.63, 3.8) is 0 Å². The Bertz CT molecular complexity index is 258. The second-order valence-corrected chi connectivity index (χ2v) is 5.31. The summed E-state index contributed by atoms with van der Waals surface area (Å²) in [6.45, 7) is 4.52. The molecule has 0 amide bonds. The van der Waals surface area contributed by atoms with E-state index in [2.05, 4.69) is 25.4 Å². The Kier molecular flexibility index (Phi) is 8.45. The summed E-state index contributed by atoms with van der Waals surface area (Å²) in [6, 6.07) is 0. The van der Waals surface area contributed by atoms with Crippen LogP contribution in [0.2, 0.25) is 0 Å². The molecular weight excluding hydrogens is 222 g/mol. The molecule has 1 rings (SSSR count). The lowest BCUT2D eigenvalue weighted by molar-refractivity contribution is 0.111. The molecule has 1 unspecified atom stereocenters. The van der Waals surface area contributed by atoms with Crippen LogP contribution in [-0.2, 0) is 4.84 Å². The van der Waals surface area contributed by atoms with E-state index in [9.17, 15) is 0 Å². The van der Waals surface area contributed by atoms with E-state index in [0.717, 1.165) is 5.76 Å². The van der Waals surface area contributed by atoms with Crippen LogP contribution in [0, 0.1) is 5.92 Å². The predicted molar refractivity (Wildman–Crippen MR) is 77.8 cm³/mol. The van der Waals surface area contributed by atoms with E-state index >= 15 is 0 Å². The van der Waals surface area contributed by atoms with Gasteiger partial charge in [-0.3, -0.25) is 0 Å². The zero-order valence-corrected chi connectivity index (χ0v) is 12.1. The Morgan fingerprint density at radius 1 is 1.06 bits per heavy atom. The molecule has 2 nitrogen and oxygen atoms in total. The smallest absolute Gasteiger partial charge is 0.134 e. The first kappa shape index (κ1) is 15.1. The Morgan fingerprint density at radius 2 is 1.72 bits per heavy atom. The summed E-state index contributed by atoms with van der Waals surface area (Å²) < 4.78 is 0. The first-order chi connectivity index (χ1) is 8.84. The fraction of sp³-hybridized carbons (Fsp3) is 0.750. The van der Waals surface area contributed by atoms with E-state index in [1.807, 2.05) is 12.3 Å². The number of nitrogens with one attached hydrogen (secondary N) is 1. The standard InChI is InChI=1S/C16H29NO/c1-3-4-5-6-7-8-9-10-12-15(2)16-13-11-14-17-18-16/h11,13-15,17H,3-10,12H2,1-2H3. The minimum atomic E-state index is 0.530. The molecule has 0 aromatic carbocycles. The maximum Gasteiger partial charge on any atom is 0.134 e. The molecule has 0 radical (unpaired) electrons. The topological polar surface area (TPSA) is 21.3 Å². The lowest BCUT2D eigenvalue weighted by Gasteiger charge is -2.17. The maximum absolute atomic E-state index is 5.39. The molecule has 0 spiro atoms. The highest BCUT2D eigenvalue weighted by Gasteiger charge is 2.11. The molecule has 18 heavy (non-hydrogen) atoms. The highest BCUT2D eigenvalue weighted by molar-refractivity contribution is 5.11. The van der Waals surface area contributed by atoms with Gasteiger partial charge in [0.1, 0.15) is 5.76 Å². The largest absolute Gasteiger partial charge is 0.387 e. The van der Waals surface area contributed by atoms with Gasteiger partial charge in [0.05, 0.1) is 0 Å². The quantitative estimate of drug-likeness (QED) is 0.546. The van der Waals surface area contributed by atoms with Crippen molar-refractivity contribution in [1.29, 1.82) is 0 Å². The Hall–Kier alpha value is -0.920. The van der Waals surface area contributed by atoms with Crippen LogP contribution in [0.5, 0.6) is 0 Å². The highest BCUT2D eigenvalue weighted by Crippen LogP contribution is 2.20. The minimum Gasteiger partial charge on any atom is -0.387 e. The summed E-state index contributed by atoms with van der Waals surface area (Å²) in [5, 5.41) is 0. The van der Waals surface area contributed by atoms with Gasteiger partial charge in [-0.2, -0.15) is 0 Å². The SMILES string of the molecule is CCCCCCCCCCC(C)C1=CC=CNO1. The molecular formula is C16H29NO. The summed E-state index contributed by atoms with van der Waals surface area (Å²) >= 11 is 0. The van der Waals surface area contributed by atoms with Gasteiger partial charge in [0.15, 0.2) is 0 Å². The molecule has 104 valence electrons. The molecule has 0 saturated carbocycles. The average molecular weight is 251 g/mol. The lowest BCUT2D eigenvalue weighted by atomic mass is 9.99. The van der Waals surface area contributed by atoms with Gasteiger partial charge in [-0.15, -0.1) is 0 Å². The molecule has 1 aliphatic heterocycles. The predicted octanol–water partition coefficient (Wildman–Crippen LogP) is 5.09. The maximum atomic E-state index is 5.39. The second kappa shape index (κ2) is 10.0. The van der Waals surface area contributed by atoms with Gasteiger partial charge in [-0.25, -0.2) is 5.48 Å². The Balaban J connectivity index is 1.94. The van der Waals surface area contributed by atoms with Gasteiger partial charge in [-0.1, -0.05) is 65.2 Å². The molecule has 1 N–H and O–H groups in total. The van der Waals surface area contributed by atoms with E-state index in [4.69, 9.17) is 4.84 Å². The monoisotopic (exact) mass is 251 g/mol.